The Balaban J connectivity index is 1.20. The van der Waals surface area contributed by atoms with Crippen LogP contribution < -0.4 is 10.1 Å². The number of amides is 2. The standard InChI is InChI=1S/C27H24F2N2O5/c28-19-6-11-23(24(29)16-19)26(33)31-14-12-18(13-15-31)27(34)35-17-25(32)30-20-7-9-22(10-8-20)36-21-4-2-1-3-5-21/h1-11,16,18H,12-15,17H2,(H,30,32). The van der Waals surface area contributed by atoms with E-state index < -0.39 is 41.9 Å². The second-order valence-corrected chi connectivity index (χ2v) is 8.29. The smallest absolute Gasteiger partial charge is 0.309 e. The van der Waals surface area contributed by atoms with Crippen molar-refractivity contribution in [3.8, 4) is 11.5 Å². The molecule has 9 heteroatoms. The molecule has 1 fully saturated rings. The summed E-state index contributed by atoms with van der Waals surface area (Å²) >= 11 is 0. The lowest BCUT2D eigenvalue weighted by Gasteiger charge is -2.31. The molecule has 0 radical (unpaired) electrons. The number of halogens is 2. The zero-order valence-corrected chi connectivity index (χ0v) is 19.3. The van der Waals surface area contributed by atoms with Crippen molar-refractivity contribution < 1.29 is 32.6 Å². The molecule has 2 amide bonds. The largest absolute Gasteiger partial charge is 0.457 e. The van der Waals surface area contributed by atoms with Crippen LogP contribution in [0, 0.1) is 17.6 Å². The third-order valence-electron chi connectivity index (χ3n) is 5.74. The third kappa shape index (κ3) is 6.44. The van der Waals surface area contributed by atoms with E-state index in [2.05, 4.69) is 5.32 Å². The van der Waals surface area contributed by atoms with Gasteiger partial charge in [-0.05, 0) is 61.4 Å². The van der Waals surface area contributed by atoms with E-state index in [1.54, 1.807) is 24.3 Å². The number of ether oxygens (including phenoxy) is 2. The first-order chi connectivity index (χ1) is 17.4. The van der Waals surface area contributed by atoms with Crippen LogP contribution in [0.3, 0.4) is 0 Å². The number of esters is 1. The number of anilines is 1. The van der Waals surface area contributed by atoms with Gasteiger partial charge in [-0.1, -0.05) is 18.2 Å². The van der Waals surface area contributed by atoms with E-state index in [9.17, 15) is 23.2 Å². The second kappa shape index (κ2) is 11.4. The number of nitrogens with zero attached hydrogens (tertiary/aromatic N) is 1. The van der Waals surface area contributed by atoms with Crippen molar-refractivity contribution in [1.82, 2.24) is 4.90 Å². The summed E-state index contributed by atoms with van der Waals surface area (Å²) in [6.45, 7) is -0.000929. The van der Waals surface area contributed by atoms with Gasteiger partial charge in [0.1, 0.15) is 23.1 Å². The van der Waals surface area contributed by atoms with Gasteiger partial charge >= 0.3 is 5.97 Å². The highest BCUT2D eigenvalue weighted by atomic mass is 19.1. The summed E-state index contributed by atoms with van der Waals surface area (Å²) in [5.74, 6) is -2.43. The highest BCUT2D eigenvalue weighted by Crippen LogP contribution is 2.23. The van der Waals surface area contributed by atoms with Crippen molar-refractivity contribution in [1.29, 1.82) is 0 Å². The first-order valence-corrected chi connectivity index (χ1v) is 11.4. The quantitative estimate of drug-likeness (QED) is 0.478. The molecule has 36 heavy (non-hydrogen) atoms. The van der Waals surface area contributed by atoms with Crippen molar-refractivity contribution in [2.45, 2.75) is 12.8 Å². The minimum absolute atomic E-state index is 0.214. The van der Waals surface area contributed by atoms with Gasteiger partial charge in [-0.15, -0.1) is 0 Å². The van der Waals surface area contributed by atoms with Gasteiger partial charge in [0.2, 0.25) is 0 Å². The average Bonchev–Trinajstić information content (AvgIpc) is 2.89. The number of rotatable bonds is 7. The zero-order valence-electron chi connectivity index (χ0n) is 19.3. The van der Waals surface area contributed by atoms with Crippen LogP contribution >= 0.6 is 0 Å². The molecule has 0 spiro atoms. The van der Waals surface area contributed by atoms with E-state index >= 15 is 0 Å². The molecule has 1 N–H and O–H groups in total. The Morgan fingerprint density at radius 1 is 0.889 bits per heavy atom. The molecule has 4 rings (SSSR count). The number of piperidine rings is 1. The highest BCUT2D eigenvalue weighted by molar-refractivity contribution is 5.95. The highest BCUT2D eigenvalue weighted by Gasteiger charge is 2.30. The Kier molecular flexibility index (Phi) is 7.89. The molecule has 1 heterocycles. The molecule has 1 aliphatic heterocycles. The van der Waals surface area contributed by atoms with Crippen LogP contribution in [-0.2, 0) is 14.3 Å². The van der Waals surface area contributed by atoms with Crippen LogP contribution in [0.1, 0.15) is 23.2 Å². The van der Waals surface area contributed by atoms with Crippen molar-refractivity contribution in [2.24, 2.45) is 5.92 Å². The summed E-state index contributed by atoms with van der Waals surface area (Å²) in [6.07, 6.45) is 0.635. The molecule has 0 atom stereocenters. The SMILES string of the molecule is O=C(COC(=O)C1CCN(C(=O)c2ccc(F)cc2F)CC1)Nc1ccc(Oc2ccccc2)cc1. The van der Waals surface area contributed by atoms with E-state index in [1.807, 2.05) is 30.3 Å². The van der Waals surface area contributed by atoms with Crippen LogP contribution in [0.4, 0.5) is 14.5 Å². The van der Waals surface area contributed by atoms with Gasteiger partial charge in [0.25, 0.3) is 11.8 Å². The van der Waals surface area contributed by atoms with Crippen LogP contribution in [0.15, 0.2) is 72.8 Å². The second-order valence-electron chi connectivity index (χ2n) is 8.29. The maximum Gasteiger partial charge on any atom is 0.309 e. The number of carbonyl (C=O) groups excluding carboxylic acids is 3. The van der Waals surface area contributed by atoms with E-state index in [1.165, 1.54) is 4.90 Å². The minimum atomic E-state index is -0.925. The number of likely N-dealkylation sites (tertiary alicyclic amines) is 1. The maximum atomic E-state index is 13.9. The maximum absolute atomic E-state index is 13.9. The summed E-state index contributed by atoms with van der Waals surface area (Å²) < 4.78 is 37.8. The van der Waals surface area contributed by atoms with E-state index in [-0.39, 0.29) is 18.7 Å². The molecular weight excluding hydrogens is 470 g/mol. The minimum Gasteiger partial charge on any atom is -0.457 e. The van der Waals surface area contributed by atoms with Crippen LogP contribution in [-0.4, -0.2) is 42.4 Å². The van der Waals surface area contributed by atoms with Crippen LogP contribution in [0.5, 0.6) is 11.5 Å². The van der Waals surface area contributed by atoms with Crippen molar-refractivity contribution in [2.75, 3.05) is 25.0 Å². The first kappa shape index (κ1) is 24.8. The number of hydrogen-bond acceptors (Lipinski definition) is 5. The fourth-order valence-corrected chi connectivity index (χ4v) is 3.83. The van der Waals surface area contributed by atoms with Crippen LogP contribution in [0.25, 0.3) is 0 Å². The van der Waals surface area contributed by atoms with E-state index in [0.29, 0.717) is 36.1 Å². The topological polar surface area (TPSA) is 84.9 Å². The molecule has 0 unspecified atom stereocenters. The summed E-state index contributed by atoms with van der Waals surface area (Å²) in [5, 5.41) is 2.65. The third-order valence-corrected chi connectivity index (χ3v) is 5.74. The van der Waals surface area contributed by atoms with Crippen LogP contribution in [0.2, 0.25) is 0 Å². The van der Waals surface area contributed by atoms with Gasteiger partial charge in [0.05, 0.1) is 11.5 Å². The average molecular weight is 494 g/mol. The van der Waals surface area contributed by atoms with Gasteiger partial charge < -0.3 is 19.7 Å². The molecule has 0 aliphatic carbocycles. The molecule has 0 aromatic heterocycles. The molecule has 7 nitrogen and oxygen atoms in total. The Bertz CT molecular complexity index is 1230. The van der Waals surface area contributed by atoms with Gasteiger partial charge in [-0.2, -0.15) is 0 Å². The normalized spacial score (nSPS) is 13.7. The lowest BCUT2D eigenvalue weighted by molar-refractivity contribution is -0.152. The molecule has 1 saturated heterocycles. The number of hydrogen-bond donors (Lipinski definition) is 1. The number of carbonyl (C=O) groups is 3. The summed E-state index contributed by atoms with van der Waals surface area (Å²) in [6, 6.07) is 18.8. The Morgan fingerprint density at radius 2 is 1.56 bits per heavy atom. The molecule has 3 aromatic rings. The van der Waals surface area contributed by atoms with Crippen molar-refractivity contribution in [3.63, 3.8) is 0 Å². The molecule has 3 aromatic carbocycles. The lowest BCUT2D eigenvalue weighted by atomic mass is 9.96. The molecular formula is C27H24F2N2O5. The molecule has 0 saturated carbocycles. The Labute approximate surface area is 206 Å². The summed E-state index contributed by atoms with van der Waals surface area (Å²) in [5.41, 5.74) is 0.310. The molecule has 0 bridgehead atoms. The molecule has 1 aliphatic rings. The fraction of sp³-hybridized carbons (Fsp3) is 0.222. The number of benzene rings is 3. The van der Waals surface area contributed by atoms with Gasteiger partial charge in [0, 0.05) is 24.8 Å². The fourth-order valence-electron chi connectivity index (χ4n) is 3.83. The zero-order chi connectivity index (χ0) is 25.5. The van der Waals surface area contributed by atoms with Gasteiger partial charge in [0.15, 0.2) is 6.61 Å². The summed E-state index contributed by atoms with van der Waals surface area (Å²) in [7, 11) is 0. The van der Waals surface area contributed by atoms with Crippen molar-refractivity contribution in [3.05, 3.63) is 90.0 Å². The predicted octanol–water partition coefficient (Wildman–Crippen LogP) is 4.79. The number of para-hydroxylation sites is 1. The molecule has 186 valence electrons. The summed E-state index contributed by atoms with van der Waals surface area (Å²) in [4.78, 5) is 38.5. The first-order valence-electron chi connectivity index (χ1n) is 11.4. The lowest BCUT2D eigenvalue weighted by Crippen LogP contribution is -2.41. The van der Waals surface area contributed by atoms with Crippen molar-refractivity contribution >= 4 is 23.5 Å². The van der Waals surface area contributed by atoms with Gasteiger partial charge in [-0.25, -0.2) is 8.78 Å². The van der Waals surface area contributed by atoms with E-state index in [0.717, 1.165) is 12.1 Å². The predicted molar refractivity (Wildman–Crippen MR) is 128 cm³/mol. The van der Waals surface area contributed by atoms with Gasteiger partial charge in [-0.3, -0.25) is 14.4 Å². The Hall–Kier alpha value is -4.27. The number of nitrogens with one attached hydrogen (secondary N) is 1. The Morgan fingerprint density at radius 3 is 2.22 bits per heavy atom. The van der Waals surface area contributed by atoms with E-state index in [4.69, 9.17) is 9.47 Å². The monoisotopic (exact) mass is 494 g/mol.